The van der Waals surface area contributed by atoms with Crippen LogP contribution in [-0.2, 0) is 0 Å². The van der Waals surface area contributed by atoms with Gasteiger partial charge < -0.3 is 0 Å². The highest BCUT2D eigenvalue weighted by atomic mass is 14.6. The van der Waals surface area contributed by atoms with Gasteiger partial charge in [0, 0.05) is 18.8 Å². The van der Waals surface area contributed by atoms with Crippen molar-refractivity contribution in [3.63, 3.8) is 0 Å². The molecule has 0 bridgehead atoms. The second-order valence-electron chi connectivity index (χ2n) is 3.76. The van der Waals surface area contributed by atoms with Gasteiger partial charge >= 0.3 is 0 Å². The molecule has 0 saturated carbocycles. The van der Waals surface area contributed by atoms with Gasteiger partial charge in [0.2, 0.25) is 0 Å². The van der Waals surface area contributed by atoms with Crippen molar-refractivity contribution in [3.05, 3.63) is 71.8 Å². The molecule has 0 aliphatic carbocycles. The number of aliphatic imine (C=N–C) groups is 1. The molecule has 0 fully saturated rings. The summed E-state index contributed by atoms with van der Waals surface area (Å²) in [5, 5.41) is 0. The van der Waals surface area contributed by atoms with E-state index in [2.05, 4.69) is 35.3 Å². The van der Waals surface area contributed by atoms with Crippen LogP contribution >= 0.6 is 0 Å². The van der Waals surface area contributed by atoms with E-state index in [1.54, 1.807) is 7.05 Å². The Kier molecular flexibility index (Phi) is 3.87. The second-order valence-corrected chi connectivity index (χ2v) is 3.76. The molecule has 2 rings (SSSR count). The van der Waals surface area contributed by atoms with Crippen LogP contribution in [0.2, 0.25) is 0 Å². The van der Waals surface area contributed by atoms with E-state index < -0.39 is 0 Å². The molecule has 0 heterocycles. The van der Waals surface area contributed by atoms with Gasteiger partial charge in [-0.15, -0.1) is 0 Å². The Morgan fingerprint density at radius 2 is 1.47 bits per heavy atom. The first kappa shape index (κ1) is 11.3. The van der Waals surface area contributed by atoms with Gasteiger partial charge in [0.25, 0.3) is 0 Å². The van der Waals surface area contributed by atoms with Gasteiger partial charge in [0.05, 0.1) is 0 Å². The maximum Gasteiger partial charge on any atom is 0.0287 e. The lowest BCUT2D eigenvalue weighted by molar-refractivity contribution is 1.47. The predicted octanol–water partition coefficient (Wildman–Crippen LogP) is 3.93. The van der Waals surface area contributed by atoms with Crippen LogP contribution < -0.4 is 0 Å². The summed E-state index contributed by atoms with van der Waals surface area (Å²) >= 11 is 0. The number of hydrogen-bond donors (Lipinski definition) is 0. The summed E-state index contributed by atoms with van der Waals surface area (Å²) in [5.41, 5.74) is 3.49. The highest BCUT2D eigenvalue weighted by Crippen LogP contribution is 2.16. The Labute approximate surface area is 102 Å². The van der Waals surface area contributed by atoms with Gasteiger partial charge in [0.15, 0.2) is 0 Å². The van der Waals surface area contributed by atoms with E-state index in [-0.39, 0.29) is 0 Å². The van der Waals surface area contributed by atoms with Gasteiger partial charge in [-0.05, 0) is 17.2 Å². The van der Waals surface area contributed by atoms with Crippen molar-refractivity contribution in [2.75, 3.05) is 7.05 Å². The van der Waals surface area contributed by atoms with E-state index in [4.69, 9.17) is 0 Å². The quantitative estimate of drug-likeness (QED) is 0.550. The van der Waals surface area contributed by atoms with Gasteiger partial charge in [-0.1, -0.05) is 60.7 Å². The summed E-state index contributed by atoms with van der Waals surface area (Å²) in [6, 6.07) is 20.6. The standard InChI is InChI=1S/C16H15N/c1-17-13-16(15-10-6-3-7-11-15)12-14-8-4-2-5-9-14/h2-13H,1H3/b16-12+,17-13?. The normalized spacial score (nSPS) is 11.9. The molecule has 0 radical (unpaired) electrons. The highest BCUT2D eigenvalue weighted by Gasteiger charge is 1.97. The summed E-state index contributed by atoms with van der Waals surface area (Å²) in [4.78, 5) is 4.12. The van der Waals surface area contributed by atoms with Crippen LogP contribution in [0.3, 0.4) is 0 Å². The molecule has 2 aromatic rings. The molecule has 0 spiro atoms. The average Bonchev–Trinajstić information content (AvgIpc) is 2.40. The minimum absolute atomic E-state index is 1.12. The molecule has 1 nitrogen and oxygen atoms in total. The minimum Gasteiger partial charge on any atom is -0.296 e. The van der Waals surface area contributed by atoms with Crippen LogP contribution in [0.25, 0.3) is 11.6 Å². The number of benzene rings is 2. The predicted molar refractivity (Wildman–Crippen MR) is 75.2 cm³/mol. The summed E-state index contributed by atoms with van der Waals surface area (Å²) in [7, 11) is 1.79. The van der Waals surface area contributed by atoms with E-state index in [0.29, 0.717) is 0 Å². The van der Waals surface area contributed by atoms with Crippen molar-refractivity contribution in [1.29, 1.82) is 0 Å². The van der Waals surface area contributed by atoms with Crippen LogP contribution in [0.1, 0.15) is 11.1 Å². The summed E-state index contributed by atoms with van der Waals surface area (Å²) in [6.07, 6.45) is 4.03. The molecule has 2 aromatic carbocycles. The number of nitrogens with zero attached hydrogens (tertiary/aromatic N) is 1. The van der Waals surface area contributed by atoms with Crippen molar-refractivity contribution < 1.29 is 0 Å². The van der Waals surface area contributed by atoms with Gasteiger partial charge in [-0.3, -0.25) is 4.99 Å². The Balaban J connectivity index is 2.40. The number of allylic oxidation sites excluding steroid dienone is 1. The molecule has 0 aliphatic heterocycles. The molecule has 0 amide bonds. The van der Waals surface area contributed by atoms with Crippen LogP contribution in [-0.4, -0.2) is 13.3 Å². The molecule has 17 heavy (non-hydrogen) atoms. The first-order chi connectivity index (χ1) is 8.40. The van der Waals surface area contributed by atoms with E-state index in [0.717, 1.165) is 5.57 Å². The lowest BCUT2D eigenvalue weighted by Gasteiger charge is -2.02. The molecule has 0 N–H and O–H groups in total. The van der Waals surface area contributed by atoms with E-state index in [9.17, 15) is 0 Å². The van der Waals surface area contributed by atoms with Crippen molar-refractivity contribution >= 4 is 17.9 Å². The Hall–Kier alpha value is -2.15. The van der Waals surface area contributed by atoms with E-state index >= 15 is 0 Å². The number of rotatable bonds is 3. The first-order valence-corrected chi connectivity index (χ1v) is 5.64. The summed E-state index contributed by atoms with van der Waals surface area (Å²) in [5.74, 6) is 0. The average molecular weight is 221 g/mol. The third-order valence-electron chi connectivity index (χ3n) is 2.50. The summed E-state index contributed by atoms with van der Waals surface area (Å²) < 4.78 is 0. The lowest BCUT2D eigenvalue weighted by Crippen LogP contribution is -1.85. The Morgan fingerprint density at radius 1 is 0.882 bits per heavy atom. The molecule has 1 heteroatoms. The van der Waals surface area contributed by atoms with Gasteiger partial charge in [0.1, 0.15) is 0 Å². The van der Waals surface area contributed by atoms with E-state index in [1.165, 1.54) is 11.1 Å². The van der Waals surface area contributed by atoms with Crippen LogP contribution in [0, 0.1) is 0 Å². The van der Waals surface area contributed by atoms with Crippen LogP contribution in [0.15, 0.2) is 65.7 Å². The molecule has 0 aliphatic rings. The van der Waals surface area contributed by atoms with Crippen LogP contribution in [0.5, 0.6) is 0 Å². The number of hydrogen-bond acceptors (Lipinski definition) is 1. The Bertz CT molecular complexity index is 510. The van der Waals surface area contributed by atoms with Gasteiger partial charge in [-0.2, -0.15) is 0 Å². The molecular weight excluding hydrogens is 206 g/mol. The van der Waals surface area contributed by atoms with E-state index in [1.807, 2.05) is 42.6 Å². The van der Waals surface area contributed by atoms with Gasteiger partial charge in [-0.25, -0.2) is 0 Å². The molecular formula is C16H15N. The fourth-order valence-electron chi connectivity index (χ4n) is 1.69. The fraction of sp³-hybridized carbons (Fsp3) is 0.0625. The molecule has 0 aromatic heterocycles. The molecule has 0 unspecified atom stereocenters. The minimum atomic E-state index is 1.12. The highest BCUT2D eigenvalue weighted by molar-refractivity contribution is 6.15. The Morgan fingerprint density at radius 3 is 2.06 bits per heavy atom. The summed E-state index contributed by atoms with van der Waals surface area (Å²) in [6.45, 7) is 0. The fourth-order valence-corrected chi connectivity index (χ4v) is 1.69. The van der Waals surface area contributed by atoms with Crippen molar-refractivity contribution in [2.45, 2.75) is 0 Å². The van der Waals surface area contributed by atoms with Crippen molar-refractivity contribution in [1.82, 2.24) is 0 Å². The third kappa shape index (κ3) is 3.15. The molecule has 84 valence electrons. The topological polar surface area (TPSA) is 12.4 Å². The van der Waals surface area contributed by atoms with Crippen molar-refractivity contribution in [3.8, 4) is 0 Å². The zero-order chi connectivity index (χ0) is 11.9. The maximum atomic E-state index is 4.12. The largest absolute Gasteiger partial charge is 0.296 e. The monoisotopic (exact) mass is 221 g/mol. The smallest absolute Gasteiger partial charge is 0.0287 e. The van der Waals surface area contributed by atoms with Crippen LogP contribution in [0.4, 0.5) is 0 Å². The van der Waals surface area contributed by atoms with Crippen molar-refractivity contribution in [2.24, 2.45) is 4.99 Å². The zero-order valence-corrected chi connectivity index (χ0v) is 9.88. The molecule has 0 atom stereocenters. The first-order valence-electron chi connectivity index (χ1n) is 5.64. The SMILES string of the molecule is CN=C/C(=C\c1ccccc1)c1ccccc1. The second kappa shape index (κ2) is 5.80. The zero-order valence-electron chi connectivity index (χ0n) is 9.88. The lowest BCUT2D eigenvalue weighted by atomic mass is 10.0. The third-order valence-corrected chi connectivity index (χ3v) is 2.50. The molecule has 0 saturated heterocycles. The maximum absolute atomic E-state index is 4.12.